The minimum atomic E-state index is -1.01. The number of ether oxygens (including phenoxy) is 1. The predicted octanol–water partition coefficient (Wildman–Crippen LogP) is 5.62. The Hall–Kier alpha value is -4.17. The van der Waals surface area contributed by atoms with E-state index in [9.17, 15) is 9.90 Å². The third-order valence-corrected chi connectivity index (χ3v) is 6.18. The molecule has 1 fully saturated rings. The summed E-state index contributed by atoms with van der Waals surface area (Å²) in [7, 11) is 0. The van der Waals surface area contributed by atoms with Gasteiger partial charge in [0.05, 0.1) is 23.9 Å². The number of hydrogen-bond donors (Lipinski definition) is 2. The van der Waals surface area contributed by atoms with Crippen molar-refractivity contribution in [1.29, 1.82) is 0 Å². The third-order valence-electron chi connectivity index (χ3n) is 5.87. The van der Waals surface area contributed by atoms with Crippen molar-refractivity contribution in [2.75, 3.05) is 11.5 Å². The van der Waals surface area contributed by atoms with E-state index in [1.807, 2.05) is 60.4 Å². The lowest BCUT2D eigenvalue weighted by atomic mass is 10.0. The van der Waals surface area contributed by atoms with Crippen molar-refractivity contribution in [3.8, 4) is 17.1 Å². The number of benzene rings is 2. The molecule has 0 aliphatic carbocycles. The van der Waals surface area contributed by atoms with Gasteiger partial charge in [-0.05, 0) is 73.7 Å². The first kappa shape index (κ1) is 22.6. The lowest BCUT2D eigenvalue weighted by molar-refractivity contribution is 0.0697. The zero-order valence-corrected chi connectivity index (χ0v) is 19.7. The molecule has 0 bridgehead atoms. The largest absolute Gasteiger partial charge is 0.494 e. The van der Waals surface area contributed by atoms with E-state index < -0.39 is 5.97 Å². The Morgan fingerprint density at radius 2 is 1.86 bits per heavy atom. The molecular formula is C27H23N3O4S. The van der Waals surface area contributed by atoms with Crippen LogP contribution in [0.4, 0.5) is 5.69 Å². The van der Waals surface area contributed by atoms with E-state index in [4.69, 9.17) is 21.4 Å². The van der Waals surface area contributed by atoms with Gasteiger partial charge in [-0.2, -0.15) is 0 Å². The highest BCUT2D eigenvalue weighted by atomic mass is 32.1. The number of carboxylic acids is 1. The Kier molecular flexibility index (Phi) is 6.20. The topological polar surface area (TPSA) is 87.8 Å². The number of pyridine rings is 1. The molecule has 7 nitrogen and oxygen atoms in total. The number of anilines is 1. The summed E-state index contributed by atoms with van der Waals surface area (Å²) < 4.78 is 11.9. The molecule has 0 unspecified atom stereocenters. The Bertz CT molecular complexity index is 1350. The van der Waals surface area contributed by atoms with Crippen LogP contribution >= 0.6 is 12.2 Å². The zero-order valence-electron chi connectivity index (χ0n) is 18.9. The van der Waals surface area contributed by atoms with Crippen LogP contribution in [-0.2, 0) is 0 Å². The first-order valence-corrected chi connectivity index (χ1v) is 11.6. The predicted molar refractivity (Wildman–Crippen MR) is 137 cm³/mol. The molecule has 4 aromatic rings. The summed E-state index contributed by atoms with van der Waals surface area (Å²) in [6.45, 7) is 2.53. The summed E-state index contributed by atoms with van der Waals surface area (Å²) in [5.41, 5.74) is 2.38. The molecule has 2 N–H and O–H groups in total. The average Bonchev–Trinajstić information content (AvgIpc) is 3.50. The van der Waals surface area contributed by atoms with Gasteiger partial charge >= 0.3 is 5.97 Å². The standard InChI is InChI=1S/C27H23N3O4S/c1-2-33-18-12-10-17(11-13-18)30-25(24(29-27(30)35)21-9-5-6-16-28-21)23-15-14-22(34-23)19-7-3-4-8-20(19)26(31)32/h3-16,24-25H,2H2,1H3,(H,29,35)(H,31,32)/t24-,25-/m1/s1. The second-order valence-corrected chi connectivity index (χ2v) is 8.36. The monoisotopic (exact) mass is 485 g/mol. The summed E-state index contributed by atoms with van der Waals surface area (Å²) in [5, 5.41) is 13.6. The highest BCUT2D eigenvalue weighted by molar-refractivity contribution is 7.80. The van der Waals surface area contributed by atoms with Crippen LogP contribution in [0.5, 0.6) is 5.75 Å². The molecule has 0 radical (unpaired) electrons. The molecule has 0 amide bonds. The number of carboxylic acid groups (broad SMARTS) is 1. The smallest absolute Gasteiger partial charge is 0.336 e. The van der Waals surface area contributed by atoms with Crippen LogP contribution < -0.4 is 15.0 Å². The van der Waals surface area contributed by atoms with E-state index in [0.29, 0.717) is 28.8 Å². The summed E-state index contributed by atoms with van der Waals surface area (Å²) >= 11 is 5.75. The maximum absolute atomic E-state index is 11.8. The van der Waals surface area contributed by atoms with Gasteiger partial charge in [0, 0.05) is 17.4 Å². The van der Waals surface area contributed by atoms with Crippen molar-refractivity contribution in [3.05, 3.63) is 102 Å². The van der Waals surface area contributed by atoms with Gasteiger partial charge in [0.2, 0.25) is 0 Å². The molecule has 2 atom stereocenters. The minimum Gasteiger partial charge on any atom is -0.494 e. The van der Waals surface area contributed by atoms with Gasteiger partial charge in [-0.1, -0.05) is 24.3 Å². The van der Waals surface area contributed by atoms with Crippen LogP contribution in [0.3, 0.4) is 0 Å². The third kappa shape index (κ3) is 4.36. The number of aromatic nitrogens is 1. The molecule has 1 aliphatic rings. The number of nitrogens with zero attached hydrogens (tertiary/aromatic N) is 2. The van der Waals surface area contributed by atoms with Crippen LogP contribution in [0, 0.1) is 0 Å². The van der Waals surface area contributed by atoms with Crippen LogP contribution in [0.2, 0.25) is 0 Å². The number of hydrogen-bond acceptors (Lipinski definition) is 5. The number of carbonyl (C=O) groups is 1. The van der Waals surface area contributed by atoms with E-state index in [2.05, 4.69) is 10.3 Å². The van der Waals surface area contributed by atoms with Crippen molar-refractivity contribution in [2.24, 2.45) is 0 Å². The van der Waals surface area contributed by atoms with E-state index in [1.165, 1.54) is 0 Å². The first-order valence-electron chi connectivity index (χ1n) is 11.2. The number of furan rings is 1. The van der Waals surface area contributed by atoms with Crippen molar-refractivity contribution < 1.29 is 19.1 Å². The Labute approximate surface area is 208 Å². The summed E-state index contributed by atoms with van der Waals surface area (Å²) in [4.78, 5) is 18.3. The van der Waals surface area contributed by atoms with Gasteiger partial charge in [0.15, 0.2) is 5.11 Å². The molecule has 0 saturated carbocycles. The second kappa shape index (κ2) is 9.60. The number of rotatable bonds is 7. The zero-order chi connectivity index (χ0) is 24.4. The van der Waals surface area contributed by atoms with Crippen LogP contribution in [-0.4, -0.2) is 27.8 Å². The second-order valence-electron chi connectivity index (χ2n) is 7.98. The first-order chi connectivity index (χ1) is 17.1. The van der Waals surface area contributed by atoms with Crippen molar-refractivity contribution in [3.63, 3.8) is 0 Å². The molecule has 8 heteroatoms. The Morgan fingerprint density at radius 1 is 1.09 bits per heavy atom. The molecule has 2 aromatic carbocycles. The van der Waals surface area contributed by atoms with E-state index in [0.717, 1.165) is 17.1 Å². The summed E-state index contributed by atoms with van der Waals surface area (Å²) in [6, 6.07) is 23.3. The van der Waals surface area contributed by atoms with Gasteiger partial charge in [0.1, 0.15) is 23.3 Å². The fraction of sp³-hybridized carbons (Fsp3) is 0.148. The molecule has 1 saturated heterocycles. The minimum absolute atomic E-state index is 0.179. The van der Waals surface area contributed by atoms with Crippen LogP contribution in [0.25, 0.3) is 11.3 Å². The maximum Gasteiger partial charge on any atom is 0.336 e. The lowest BCUT2D eigenvalue weighted by Gasteiger charge is -2.26. The van der Waals surface area contributed by atoms with E-state index in [-0.39, 0.29) is 17.6 Å². The normalized spacial score (nSPS) is 17.3. The van der Waals surface area contributed by atoms with E-state index in [1.54, 1.807) is 36.5 Å². The number of aromatic carboxylic acids is 1. The number of nitrogens with one attached hydrogen (secondary N) is 1. The molecular weight excluding hydrogens is 462 g/mol. The Morgan fingerprint density at radius 3 is 2.57 bits per heavy atom. The molecule has 1 aliphatic heterocycles. The van der Waals surface area contributed by atoms with E-state index >= 15 is 0 Å². The summed E-state index contributed by atoms with van der Waals surface area (Å²) in [6.07, 6.45) is 1.74. The van der Waals surface area contributed by atoms with Gasteiger partial charge in [-0.3, -0.25) is 4.98 Å². The Balaban J connectivity index is 1.58. The van der Waals surface area contributed by atoms with Crippen molar-refractivity contribution >= 4 is 29.0 Å². The SMILES string of the molecule is CCOc1ccc(N2C(=S)N[C@H](c3ccccn3)[C@H]2c2ccc(-c3ccccc3C(=O)O)o2)cc1. The van der Waals surface area contributed by atoms with Gasteiger partial charge in [-0.25, -0.2) is 4.79 Å². The molecule has 5 rings (SSSR count). The van der Waals surface area contributed by atoms with Crippen molar-refractivity contribution in [1.82, 2.24) is 10.3 Å². The quantitative estimate of drug-likeness (QED) is 0.326. The van der Waals surface area contributed by atoms with Crippen LogP contribution in [0.1, 0.15) is 40.8 Å². The number of thiocarbonyl (C=S) groups is 1. The van der Waals surface area contributed by atoms with Gasteiger partial charge < -0.3 is 24.5 Å². The average molecular weight is 486 g/mol. The fourth-order valence-electron chi connectivity index (χ4n) is 4.33. The molecule has 176 valence electrons. The lowest BCUT2D eigenvalue weighted by Crippen LogP contribution is -2.29. The van der Waals surface area contributed by atoms with Crippen LogP contribution in [0.15, 0.2) is 89.5 Å². The molecule has 2 aromatic heterocycles. The van der Waals surface area contributed by atoms with Crippen molar-refractivity contribution in [2.45, 2.75) is 19.0 Å². The summed E-state index contributed by atoms with van der Waals surface area (Å²) in [5.74, 6) is 0.877. The highest BCUT2D eigenvalue weighted by Gasteiger charge is 2.42. The van der Waals surface area contributed by atoms with Gasteiger partial charge in [-0.15, -0.1) is 0 Å². The molecule has 35 heavy (non-hydrogen) atoms. The molecule has 0 spiro atoms. The fourth-order valence-corrected chi connectivity index (χ4v) is 4.68. The maximum atomic E-state index is 11.8. The molecule has 3 heterocycles. The van der Waals surface area contributed by atoms with Gasteiger partial charge in [0.25, 0.3) is 0 Å². The highest BCUT2D eigenvalue weighted by Crippen LogP contribution is 2.43.